The highest BCUT2D eigenvalue weighted by Gasteiger charge is 2.36. The molecular weight excluding hydrogens is 374 g/mol. The van der Waals surface area contributed by atoms with E-state index in [4.69, 9.17) is 4.98 Å². The second-order valence-corrected chi connectivity index (χ2v) is 8.07. The van der Waals surface area contributed by atoms with Crippen LogP contribution in [0, 0.1) is 0 Å². The van der Waals surface area contributed by atoms with Crippen LogP contribution in [0.25, 0.3) is 0 Å². The number of carbonyl (C=O) groups excluding carboxylic acids is 2. The lowest BCUT2D eigenvalue weighted by atomic mass is 10.1. The third kappa shape index (κ3) is 4.01. The lowest BCUT2D eigenvalue weighted by Crippen LogP contribution is -2.54. The van der Waals surface area contributed by atoms with Crippen LogP contribution in [0.3, 0.4) is 0 Å². The number of anilines is 1. The van der Waals surface area contributed by atoms with E-state index in [9.17, 15) is 9.59 Å². The highest BCUT2D eigenvalue weighted by Crippen LogP contribution is 2.29. The summed E-state index contributed by atoms with van der Waals surface area (Å²) in [6.07, 6.45) is 2.54. The molecule has 0 spiro atoms. The first kappa shape index (κ1) is 18.9. The van der Waals surface area contributed by atoms with E-state index in [-0.39, 0.29) is 17.9 Å². The number of benzene rings is 1. The molecule has 1 aromatic carbocycles. The quantitative estimate of drug-likeness (QED) is 0.784. The van der Waals surface area contributed by atoms with Gasteiger partial charge >= 0.3 is 0 Å². The standard InChI is InChI=1S/C20H25N5O2S/c1-15(26)23-10-12-24(13-11-23)19(27)17-8-5-9-25(17)20-21-18(22-28-20)14-16-6-3-2-4-7-16/h2-4,6-7,17H,5,8-14H2,1H3/t17-/m1/s1. The van der Waals surface area contributed by atoms with Crippen LogP contribution in [0.15, 0.2) is 30.3 Å². The van der Waals surface area contributed by atoms with Crippen molar-refractivity contribution in [3.8, 4) is 0 Å². The molecule has 1 atom stereocenters. The van der Waals surface area contributed by atoms with Crippen molar-refractivity contribution < 1.29 is 9.59 Å². The fourth-order valence-corrected chi connectivity index (χ4v) is 4.68. The molecular formula is C20H25N5O2S. The largest absolute Gasteiger partial charge is 0.339 e. The van der Waals surface area contributed by atoms with E-state index in [1.165, 1.54) is 17.1 Å². The number of carbonyl (C=O) groups is 2. The first-order valence-electron chi connectivity index (χ1n) is 9.79. The van der Waals surface area contributed by atoms with Crippen LogP contribution in [0.2, 0.25) is 0 Å². The van der Waals surface area contributed by atoms with Crippen molar-refractivity contribution >= 4 is 28.5 Å². The predicted octanol–water partition coefficient (Wildman–Crippen LogP) is 1.79. The Morgan fingerprint density at radius 1 is 1.07 bits per heavy atom. The summed E-state index contributed by atoms with van der Waals surface area (Å²) in [5.41, 5.74) is 1.18. The molecule has 0 saturated carbocycles. The second-order valence-electron chi connectivity index (χ2n) is 7.34. The summed E-state index contributed by atoms with van der Waals surface area (Å²) in [7, 11) is 0. The van der Waals surface area contributed by atoms with Crippen LogP contribution >= 0.6 is 11.5 Å². The molecule has 0 N–H and O–H groups in total. The van der Waals surface area contributed by atoms with E-state index in [0.717, 1.165) is 30.3 Å². The topological polar surface area (TPSA) is 69.6 Å². The van der Waals surface area contributed by atoms with Gasteiger partial charge in [-0.25, -0.2) is 4.98 Å². The van der Waals surface area contributed by atoms with Crippen LogP contribution in [-0.4, -0.2) is 69.7 Å². The minimum absolute atomic E-state index is 0.0781. The van der Waals surface area contributed by atoms with Crippen molar-refractivity contribution in [3.05, 3.63) is 41.7 Å². The normalized spacial score (nSPS) is 19.9. The number of nitrogens with zero attached hydrogens (tertiary/aromatic N) is 5. The summed E-state index contributed by atoms with van der Waals surface area (Å²) in [5.74, 6) is 1.04. The molecule has 28 heavy (non-hydrogen) atoms. The Morgan fingerprint density at radius 3 is 2.50 bits per heavy atom. The molecule has 3 heterocycles. The van der Waals surface area contributed by atoms with Crippen molar-refractivity contribution in [2.75, 3.05) is 37.6 Å². The van der Waals surface area contributed by atoms with Crippen molar-refractivity contribution in [1.29, 1.82) is 0 Å². The number of aromatic nitrogens is 2. The predicted molar refractivity (Wildman–Crippen MR) is 108 cm³/mol. The third-order valence-corrected chi connectivity index (χ3v) is 6.27. The van der Waals surface area contributed by atoms with Crippen LogP contribution in [0.1, 0.15) is 31.2 Å². The van der Waals surface area contributed by atoms with Gasteiger partial charge in [0, 0.05) is 57.6 Å². The van der Waals surface area contributed by atoms with Gasteiger partial charge in [-0.05, 0) is 18.4 Å². The Balaban J connectivity index is 1.41. The van der Waals surface area contributed by atoms with Gasteiger partial charge in [-0.3, -0.25) is 9.59 Å². The summed E-state index contributed by atoms with van der Waals surface area (Å²) in [5, 5.41) is 0.837. The monoisotopic (exact) mass is 399 g/mol. The van der Waals surface area contributed by atoms with Gasteiger partial charge in [0.25, 0.3) is 0 Å². The van der Waals surface area contributed by atoms with Gasteiger partial charge in [-0.15, -0.1) is 0 Å². The fourth-order valence-electron chi connectivity index (χ4n) is 3.92. The molecule has 0 bridgehead atoms. The lowest BCUT2D eigenvalue weighted by molar-refractivity contribution is -0.139. The average Bonchev–Trinajstić information content (AvgIpc) is 3.37. The molecule has 2 aromatic rings. The molecule has 0 aliphatic carbocycles. The third-order valence-electron chi connectivity index (χ3n) is 5.48. The fraction of sp³-hybridized carbons (Fsp3) is 0.500. The first-order chi connectivity index (χ1) is 13.6. The van der Waals surface area contributed by atoms with Gasteiger partial charge in [0.15, 0.2) is 0 Å². The molecule has 2 aliphatic heterocycles. The molecule has 148 valence electrons. The summed E-state index contributed by atoms with van der Waals surface area (Å²) in [6.45, 7) is 4.88. The van der Waals surface area contributed by atoms with Crippen LogP contribution in [-0.2, 0) is 16.0 Å². The summed E-state index contributed by atoms with van der Waals surface area (Å²) in [4.78, 5) is 35.1. The van der Waals surface area contributed by atoms with Crippen LogP contribution in [0.4, 0.5) is 5.13 Å². The Morgan fingerprint density at radius 2 is 1.79 bits per heavy atom. The Labute approximate surface area is 169 Å². The van der Waals surface area contributed by atoms with E-state index in [1.54, 1.807) is 11.8 Å². The molecule has 0 radical (unpaired) electrons. The second kappa shape index (κ2) is 8.26. The molecule has 2 amide bonds. The Bertz CT molecular complexity index is 832. The number of rotatable bonds is 4. The average molecular weight is 400 g/mol. The van der Waals surface area contributed by atoms with Crippen molar-refractivity contribution in [2.45, 2.75) is 32.2 Å². The molecule has 4 rings (SSSR count). The zero-order chi connectivity index (χ0) is 19.5. The lowest BCUT2D eigenvalue weighted by Gasteiger charge is -2.36. The smallest absolute Gasteiger partial charge is 0.245 e. The van der Waals surface area contributed by atoms with Crippen molar-refractivity contribution in [2.24, 2.45) is 0 Å². The van der Waals surface area contributed by atoms with Crippen LogP contribution in [0.5, 0.6) is 0 Å². The Hall–Kier alpha value is -2.48. The van der Waals surface area contributed by atoms with Crippen LogP contribution < -0.4 is 4.90 Å². The van der Waals surface area contributed by atoms with Gasteiger partial charge in [-0.2, -0.15) is 4.37 Å². The van der Waals surface area contributed by atoms with Gasteiger partial charge in [0.2, 0.25) is 16.9 Å². The zero-order valence-electron chi connectivity index (χ0n) is 16.1. The van der Waals surface area contributed by atoms with E-state index >= 15 is 0 Å². The maximum Gasteiger partial charge on any atom is 0.245 e. The first-order valence-corrected chi connectivity index (χ1v) is 10.6. The maximum atomic E-state index is 13.1. The van der Waals surface area contributed by atoms with E-state index in [2.05, 4.69) is 21.4 Å². The SMILES string of the molecule is CC(=O)N1CCN(C(=O)[C@H]2CCCN2c2nc(Cc3ccccc3)ns2)CC1. The van der Waals surface area contributed by atoms with Gasteiger partial charge < -0.3 is 14.7 Å². The number of piperazine rings is 1. The van der Waals surface area contributed by atoms with Crippen molar-refractivity contribution in [3.63, 3.8) is 0 Å². The number of amides is 2. The van der Waals surface area contributed by atoms with E-state index in [1.807, 2.05) is 23.1 Å². The highest BCUT2D eigenvalue weighted by atomic mass is 32.1. The van der Waals surface area contributed by atoms with Gasteiger partial charge in [0.05, 0.1) is 0 Å². The van der Waals surface area contributed by atoms with Crippen molar-refractivity contribution in [1.82, 2.24) is 19.2 Å². The summed E-state index contributed by atoms with van der Waals surface area (Å²) < 4.78 is 4.51. The van der Waals surface area contributed by atoms with Gasteiger partial charge in [0.1, 0.15) is 11.9 Å². The minimum Gasteiger partial charge on any atom is -0.339 e. The molecule has 2 aliphatic rings. The molecule has 8 heteroatoms. The summed E-state index contributed by atoms with van der Waals surface area (Å²) >= 11 is 1.38. The number of hydrogen-bond donors (Lipinski definition) is 0. The van der Waals surface area contributed by atoms with Gasteiger partial charge in [-0.1, -0.05) is 30.3 Å². The molecule has 7 nitrogen and oxygen atoms in total. The Kier molecular flexibility index (Phi) is 5.57. The zero-order valence-corrected chi connectivity index (χ0v) is 16.9. The molecule has 1 aromatic heterocycles. The molecule has 2 fully saturated rings. The van der Waals surface area contributed by atoms with E-state index in [0.29, 0.717) is 32.6 Å². The summed E-state index contributed by atoms with van der Waals surface area (Å²) in [6, 6.07) is 10.0. The minimum atomic E-state index is -0.165. The highest BCUT2D eigenvalue weighted by molar-refractivity contribution is 7.09. The molecule has 2 saturated heterocycles. The maximum absolute atomic E-state index is 13.1. The molecule has 0 unspecified atom stereocenters. The van der Waals surface area contributed by atoms with E-state index < -0.39 is 0 Å². The number of hydrogen-bond acceptors (Lipinski definition) is 6.